The minimum Gasteiger partial charge on any atom is -0.340 e. The molecule has 26 heavy (non-hydrogen) atoms. The molecule has 0 amide bonds. The zero-order valence-corrected chi connectivity index (χ0v) is 15.2. The quantitative estimate of drug-likeness (QED) is 0.489. The lowest BCUT2D eigenvalue weighted by Gasteiger charge is -2.24. The van der Waals surface area contributed by atoms with E-state index in [2.05, 4.69) is 64.5 Å². The Balaban J connectivity index is 1.62. The molecule has 0 fully saturated rings. The van der Waals surface area contributed by atoms with Crippen molar-refractivity contribution >= 4 is 43.2 Å². The summed E-state index contributed by atoms with van der Waals surface area (Å²) in [5, 5.41) is 2.63. The van der Waals surface area contributed by atoms with Crippen molar-refractivity contribution in [2.45, 2.75) is 0 Å². The van der Waals surface area contributed by atoms with E-state index in [0.29, 0.717) is 6.67 Å². The number of fused-ring (bicyclic) bond motifs is 3. The molecule has 0 saturated carbocycles. The molecule has 1 aromatic heterocycles. The van der Waals surface area contributed by atoms with Gasteiger partial charge < -0.3 is 4.90 Å². The van der Waals surface area contributed by atoms with Gasteiger partial charge >= 0.3 is 0 Å². The van der Waals surface area contributed by atoms with Crippen molar-refractivity contribution in [3.63, 3.8) is 0 Å². The number of aliphatic imine (C=N–C) groups is 2. The third-order valence-corrected chi connectivity index (χ3v) is 5.81. The Bertz CT molecular complexity index is 1170. The van der Waals surface area contributed by atoms with E-state index in [1.54, 1.807) is 0 Å². The Morgan fingerprint density at radius 2 is 1.58 bits per heavy atom. The summed E-state index contributed by atoms with van der Waals surface area (Å²) >= 11 is 1.83. The maximum atomic E-state index is 4.86. The summed E-state index contributed by atoms with van der Waals surface area (Å²) in [5.41, 5.74) is 2.19. The van der Waals surface area contributed by atoms with Crippen LogP contribution in [-0.4, -0.2) is 30.3 Å². The monoisotopic (exact) mass is 355 g/mol. The Hall–Kier alpha value is -2.98. The molecular weight excluding hydrogens is 338 g/mol. The van der Waals surface area contributed by atoms with Crippen molar-refractivity contribution < 1.29 is 0 Å². The highest BCUT2D eigenvalue weighted by molar-refractivity contribution is 7.25. The van der Waals surface area contributed by atoms with E-state index in [-0.39, 0.29) is 0 Å². The molecule has 1 aliphatic rings. The molecule has 4 heteroatoms. The molecule has 3 aromatic carbocycles. The normalized spacial score (nSPS) is 14.6. The number of benzene rings is 3. The SMILES string of the molecule is CN1CN=C(c2ccccc2)N=C1c1ccc2c(c1)sc1ccccc12. The van der Waals surface area contributed by atoms with Gasteiger partial charge in [0.2, 0.25) is 0 Å². The summed E-state index contributed by atoms with van der Waals surface area (Å²) in [5.74, 6) is 1.77. The summed E-state index contributed by atoms with van der Waals surface area (Å²) in [6.07, 6.45) is 0. The lowest BCUT2D eigenvalue weighted by Crippen LogP contribution is -2.32. The van der Waals surface area contributed by atoms with E-state index in [4.69, 9.17) is 4.99 Å². The average Bonchev–Trinajstić information content (AvgIpc) is 3.07. The van der Waals surface area contributed by atoms with E-state index in [0.717, 1.165) is 22.8 Å². The van der Waals surface area contributed by atoms with Gasteiger partial charge in [-0.1, -0.05) is 60.7 Å². The Morgan fingerprint density at radius 3 is 2.46 bits per heavy atom. The van der Waals surface area contributed by atoms with Crippen LogP contribution in [-0.2, 0) is 0 Å². The number of thiophene rings is 1. The van der Waals surface area contributed by atoms with Crippen LogP contribution in [0.15, 0.2) is 82.8 Å². The highest BCUT2D eigenvalue weighted by Gasteiger charge is 2.17. The van der Waals surface area contributed by atoms with Gasteiger partial charge in [-0.05, 0) is 12.1 Å². The topological polar surface area (TPSA) is 28.0 Å². The number of amidine groups is 2. The van der Waals surface area contributed by atoms with E-state index in [9.17, 15) is 0 Å². The lowest BCUT2D eigenvalue weighted by atomic mass is 10.1. The molecule has 0 aliphatic carbocycles. The molecule has 0 spiro atoms. The van der Waals surface area contributed by atoms with Crippen LogP contribution < -0.4 is 0 Å². The smallest absolute Gasteiger partial charge is 0.158 e. The van der Waals surface area contributed by atoms with Crippen molar-refractivity contribution in [3.05, 3.63) is 83.9 Å². The van der Waals surface area contributed by atoms with Crippen molar-refractivity contribution in [2.24, 2.45) is 9.98 Å². The maximum absolute atomic E-state index is 4.86. The maximum Gasteiger partial charge on any atom is 0.158 e. The summed E-state index contributed by atoms with van der Waals surface area (Å²) in [4.78, 5) is 11.6. The number of hydrogen-bond donors (Lipinski definition) is 0. The molecule has 0 unspecified atom stereocenters. The molecule has 0 radical (unpaired) electrons. The molecule has 0 bridgehead atoms. The molecule has 3 nitrogen and oxygen atoms in total. The average molecular weight is 355 g/mol. The molecule has 0 atom stereocenters. The van der Waals surface area contributed by atoms with Gasteiger partial charge in [-0.15, -0.1) is 11.3 Å². The summed E-state index contributed by atoms with van der Waals surface area (Å²) < 4.78 is 2.62. The van der Waals surface area contributed by atoms with Crippen molar-refractivity contribution in [3.8, 4) is 0 Å². The highest BCUT2D eigenvalue weighted by atomic mass is 32.1. The minimum atomic E-state index is 0.619. The molecule has 126 valence electrons. The van der Waals surface area contributed by atoms with Gasteiger partial charge in [0.15, 0.2) is 5.84 Å². The fraction of sp³-hybridized carbons (Fsp3) is 0.0909. The van der Waals surface area contributed by atoms with Crippen LogP contribution in [0.25, 0.3) is 20.2 Å². The zero-order valence-electron chi connectivity index (χ0n) is 14.4. The van der Waals surface area contributed by atoms with Crippen LogP contribution in [0.5, 0.6) is 0 Å². The van der Waals surface area contributed by atoms with Gasteiger partial charge in [-0.25, -0.2) is 9.98 Å². The predicted molar refractivity (Wildman–Crippen MR) is 111 cm³/mol. The second kappa shape index (κ2) is 6.07. The molecule has 0 N–H and O–H groups in total. The third kappa shape index (κ3) is 2.50. The van der Waals surface area contributed by atoms with E-state index >= 15 is 0 Å². The van der Waals surface area contributed by atoms with Crippen molar-refractivity contribution in [1.29, 1.82) is 0 Å². The molecular formula is C22H17N3S. The van der Waals surface area contributed by atoms with Crippen molar-refractivity contribution in [1.82, 2.24) is 4.90 Å². The van der Waals surface area contributed by atoms with Crippen LogP contribution in [0.1, 0.15) is 11.1 Å². The predicted octanol–water partition coefficient (Wildman–Crippen LogP) is 5.15. The van der Waals surface area contributed by atoms with Crippen LogP contribution in [0.4, 0.5) is 0 Å². The van der Waals surface area contributed by atoms with E-state index < -0.39 is 0 Å². The first-order valence-corrected chi connectivity index (χ1v) is 9.42. The van der Waals surface area contributed by atoms with Gasteiger partial charge in [-0.3, -0.25) is 0 Å². The number of rotatable bonds is 2. The fourth-order valence-corrected chi connectivity index (χ4v) is 4.50. The zero-order chi connectivity index (χ0) is 17.5. The Kier molecular flexibility index (Phi) is 3.57. The van der Waals surface area contributed by atoms with Gasteiger partial charge in [-0.2, -0.15) is 0 Å². The van der Waals surface area contributed by atoms with Crippen LogP contribution >= 0.6 is 11.3 Å². The highest BCUT2D eigenvalue weighted by Crippen LogP contribution is 2.34. The fourth-order valence-electron chi connectivity index (χ4n) is 3.35. The van der Waals surface area contributed by atoms with E-state index in [1.807, 2.05) is 36.6 Å². The number of hydrogen-bond acceptors (Lipinski definition) is 4. The first kappa shape index (κ1) is 15.3. The Labute approximate surface area is 155 Å². The molecule has 1 aliphatic heterocycles. The van der Waals surface area contributed by atoms with Gasteiger partial charge in [0, 0.05) is 38.3 Å². The minimum absolute atomic E-state index is 0.619. The number of nitrogens with zero attached hydrogens (tertiary/aromatic N) is 3. The first-order valence-electron chi connectivity index (χ1n) is 8.61. The standard InChI is InChI=1S/C22H17N3S/c1-25-14-23-21(15-7-3-2-4-8-15)24-22(25)16-11-12-18-17-9-5-6-10-19(17)26-20(18)13-16/h2-13H,14H2,1H3. The molecule has 2 heterocycles. The largest absolute Gasteiger partial charge is 0.340 e. The second-order valence-corrected chi connectivity index (χ2v) is 7.52. The van der Waals surface area contributed by atoms with Crippen LogP contribution in [0.2, 0.25) is 0 Å². The van der Waals surface area contributed by atoms with Crippen LogP contribution in [0, 0.1) is 0 Å². The van der Waals surface area contributed by atoms with Crippen LogP contribution in [0.3, 0.4) is 0 Å². The van der Waals surface area contributed by atoms with Gasteiger partial charge in [0.05, 0.1) is 0 Å². The third-order valence-electron chi connectivity index (χ3n) is 4.67. The van der Waals surface area contributed by atoms with Gasteiger partial charge in [0.1, 0.15) is 12.5 Å². The molecule has 4 aromatic rings. The molecule has 0 saturated heterocycles. The lowest BCUT2D eigenvalue weighted by molar-refractivity contribution is 0.517. The molecule has 5 rings (SSSR count). The Morgan fingerprint density at radius 1 is 0.808 bits per heavy atom. The summed E-state index contributed by atoms with van der Waals surface area (Å²) in [6.45, 7) is 0.619. The van der Waals surface area contributed by atoms with Gasteiger partial charge in [0.25, 0.3) is 0 Å². The second-order valence-electron chi connectivity index (χ2n) is 6.43. The first-order chi connectivity index (χ1) is 12.8. The van der Waals surface area contributed by atoms with Crippen molar-refractivity contribution in [2.75, 3.05) is 13.7 Å². The summed E-state index contributed by atoms with van der Waals surface area (Å²) in [7, 11) is 2.04. The summed E-state index contributed by atoms with van der Waals surface area (Å²) in [6, 6.07) is 25.4. The van der Waals surface area contributed by atoms with E-state index in [1.165, 1.54) is 20.2 Å².